The molecule has 0 N–H and O–H groups in total. The molecule has 0 fully saturated rings. The van der Waals surface area contributed by atoms with E-state index >= 15 is 0 Å². The van der Waals surface area contributed by atoms with Crippen molar-refractivity contribution >= 4 is 36.2 Å². The molecule has 0 aliphatic carbocycles. The first kappa shape index (κ1) is 18.1. The van der Waals surface area contributed by atoms with Crippen LogP contribution in [0.5, 0.6) is 0 Å². The van der Waals surface area contributed by atoms with Crippen LogP contribution in [0.25, 0.3) is 5.32 Å². The third-order valence-corrected chi connectivity index (χ3v) is 1.77. The minimum Gasteiger partial charge on any atom is -0.658 e. The molecule has 4 heteroatoms. The number of para-hydroxylation sites is 2. The number of benzene rings is 2. The second kappa shape index (κ2) is 9.90. The standard InChI is InChI=1S/C12H10N.2ClH.Zr/c1-3-7-11(8-4-1)13-12-9-5-2-6-10-12;;;/h1-10H;2*1H;/q-1;;;. The normalized spacial score (nSPS) is 7.75. The van der Waals surface area contributed by atoms with Crippen molar-refractivity contribution in [2.75, 3.05) is 0 Å². The van der Waals surface area contributed by atoms with Crippen molar-refractivity contribution in [2.24, 2.45) is 0 Å². The Morgan fingerprint density at radius 1 is 0.562 bits per heavy atom. The third kappa shape index (κ3) is 5.70. The molecule has 16 heavy (non-hydrogen) atoms. The minimum absolute atomic E-state index is 0. The molecule has 0 unspecified atom stereocenters. The fraction of sp³-hybridized carbons (Fsp3) is 0. The summed E-state index contributed by atoms with van der Waals surface area (Å²) < 4.78 is 0. The van der Waals surface area contributed by atoms with E-state index in [1.807, 2.05) is 60.7 Å². The topological polar surface area (TPSA) is 14.1 Å². The van der Waals surface area contributed by atoms with Gasteiger partial charge in [-0.3, -0.25) is 0 Å². The van der Waals surface area contributed by atoms with E-state index in [0.717, 1.165) is 11.4 Å². The predicted octanol–water partition coefficient (Wildman–Crippen LogP) is 4.86. The molecule has 0 spiro atoms. The van der Waals surface area contributed by atoms with Crippen LogP contribution in [0.3, 0.4) is 0 Å². The molecule has 2 aromatic carbocycles. The van der Waals surface area contributed by atoms with Crippen molar-refractivity contribution in [1.82, 2.24) is 0 Å². The molecule has 0 bridgehead atoms. The summed E-state index contributed by atoms with van der Waals surface area (Å²) in [5, 5.41) is 4.44. The van der Waals surface area contributed by atoms with Crippen LogP contribution in [-0.4, -0.2) is 0 Å². The van der Waals surface area contributed by atoms with Gasteiger partial charge >= 0.3 is 0 Å². The van der Waals surface area contributed by atoms with Gasteiger partial charge in [0.25, 0.3) is 0 Å². The van der Waals surface area contributed by atoms with Gasteiger partial charge in [0.05, 0.1) is 0 Å². The van der Waals surface area contributed by atoms with Gasteiger partial charge in [0, 0.05) is 26.2 Å². The van der Waals surface area contributed by atoms with Gasteiger partial charge in [0.1, 0.15) is 0 Å². The summed E-state index contributed by atoms with van der Waals surface area (Å²) >= 11 is 0. The average molecular weight is 332 g/mol. The van der Waals surface area contributed by atoms with Crippen molar-refractivity contribution in [1.29, 1.82) is 0 Å². The molecule has 1 nitrogen and oxygen atoms in total. The average Bonchev–Trinajstić information content (AvgIpc) is 2.21. The van der Waals surface area contributed by atoms with E-state index < -0.39 is 0 Å². The van der Waals surface area contributed by atoms with Crippen molar-refractivity contribution in [3.05, 3.63) is 66.0 Å². The Bertz CT molecular complexity index is 330. The molecule has 0 saturated carbocycles. The molecule has 0 aliphatic rings. The summed E-state index contributed by atoms with van der Waals surface area (Å²) in [6.45, 7) is 0. The fourth-order valence-electron chi connectivity index (χ4n) is 1.15. The van der Waals surface area contributed by atoms with Crippen molar-refractivity contribution in [3.8, 4) is 0 Å². The second-order valence-electron chi connectivity index (χ2n) is 2.78. The zero-order chi connectivity index (χ0) is 8.93. The summed E-state index contributed by atoms with van der Waals surface area (Å²) in [6, 6.07) is 19.9. The van der Waals surface area contributed by atoms with Crippen LogP contribution < -0.4 is 0 Å². The van der Waals surface area contributed by atoms with Crippen LogP contribution in [-0.2, 0) is 26.2 Å². The van der Waals surface area contributed by atoms with Crippen molar-refractivity contribution < 1.29 is 26.2 Å². The summed E-state index contributed by atoms with van der Waals surface area (Å²) in [5.41, 5.74) is 1.99. The molecule has 0 aromatic heterocycles. The van der Waals surface area contributed by atoms with E-state index in [9.17, 15) is 0 Å². The molecule has 2 rings (SSSR count). The minimum atomic E-state index is 0. The maximum atomic E-state index is 4.44. The number of halogens is 2. The molecular formula is C12H12Cl2NZr-. The molecule has 0 amide bonds. The van der Waals surface area contributed by atoms with Gasteiger partial charge in [-0.05, 0) is 0 Å². The first-order chi connectivity index (χ1) is 6.45. The Morgan fingerprint density at radius 3 is 1.19 bits per heavy atom. The molecule has 0 saturated heterocycles. The van der Waals surface area contributed by atoms with E-state index in [0.29, 0.717) is 0 Å². The zero-order valence-electron chi connectivity index (χ0n) is 8.54. The SMILES string of the molecule is Cl.Cl.[Zr].c1ccc([N-]c2ccccc2)cc1. The van der Waals surface area contributed by atoms with Gasteiger partial charge in [-0.15, -0.1) is 36.2 Å². The van der Waals surface area contributed by atoms with E-state index in [-0.39, 0.29) is 51.0 Å². The Balaban J connectivity index is 0. The molecule has 0 radical (unpaired) electrons. The van der Waals surface area contributed by atoms with Crippen LogP contribution in [0.4, 0.5) is 11.4 Å². The zero-order valence-corrected chi connectivity index (χ0v) is 12.6. The van der Waals surface area contributed by atoms with Crippen LogP contribution in [0.15, 0.2) is 60.7 Å². The van der Waals surface area contributed by atoms with E-state index in [1.165, 1.54) is 0 Å². The number of hydrogen-bond donors (Lipinski definition) is 0. The second-order valence-corrected chi connectivity index (χ2v) is 2.78. The number of nitrogens with zero attached hydrogens (tertiary/aromatic N) is 1. The summed E-state index contributed by atoms with van der Waals surface area (Å²) in [7, 11) is 0. The molecular weight excluding hydrogens is 320 g/mol. The summed E-state index contributed by atoms with van der Waals surface area (Å²) in [5.74, 6) is 0. The number of hydrogen-bond acceptors (Lipinski definition) is 0. The van der Waals surface area contributed by atoms with Gasteiger partial charge < -0.3 is 5.32 Å². The van der Waals surface area contributed by atoms with Gasteiger partial charge in [0.15, 0.2) is 0 Å². The Labute approximate surface area is 128 Å². The fourth-order valence-corrected chi connectivity index (χ4v) is 1.15. The smallest absolute Gasteiger partial charge is 0 e. The van der Waals surface area contributed by atoms with Crippen LogP contribution in [0, 0.1) is 0 Å². The van der Waals surface area contributed by atoms with Crippen molar-refractivity contribution in [3.63, 3.8) is 0 Å². The molecule has 84 valence electrons. The van der Waals surface area contributed by atoms with Gasteiger partial charge in [-0.1, -0.05) is 60.7 Å². The van der Waals surface area contributed by atoms with Gasteiger partial charge in [0.2, 0.25) is 0 Å². The maximum absolute atomic E-state index is 4.44. The Hall–Kier alpha value is -0.297. The Kier molecular flexibility index (Phi) is 11.2. The van der Waals surface area contributed by atoms with E-state index in [4.69, 9.17) is 0 Å². The van der Waals surface area contributed by atoms with Gasteiger partial charge in [-0.2, -0.15) is 0 Å². The maximum Gasteiger partial charge on any atom is 0 e. The Morgan fingerprint density at radius 2 is 0.875 bits per heavy atom. The molecule has 0 aliphatic heterocycles. The van der Waals surface area contributed by atoms with Crippen LogP contribution >= 0.6 is 24.8 Å². The molecule has 0 heterocycles. The van der Waals surface area contributed by atoms with Crippen LogP contribution in [0.1, 0.15) is 0 Å². The predicted molar refractivity (Wildman–Crippen MR) is 70.1 cm³/mol. The van der Waals surface area contributed by atoms with Crippen molar-refractivity contribution in [2.45, 2.75) is 0 Å². The largest absolute Gasteiger partial charge is 0.658 e. The molecule has 2 aromatic rings. The van der Waals surface area contributed by atoms with E-state index in [1.54, 1.807) is 0 Å². The quantitative estimate of drug-likeness (QED) is 0.745. The van der Waals surface area contributed by atoms with Crippen LogP contribution in [0.2, 0.25) is 0 Å². The monoisotopic (exact) mass is 330 g/mol. The first-order valence-corrected chi connectivity index (χ1v) is 4.27. The molecule has 0 atom stereocenters. The summed E-state index contributed by atoms with van der Waals surface area (Å²) in [4.78, 5) is 0. The third-order valence-electron chi connectivity index (χ3n) is 1.77. The van der Waals surface area contributed by atoms with E-state index in [2.05, 4.69) is 5.32 Å². The number of rotatable bonds is 2. The summed E-state index contributed by atoms with van der Waals surface area (Å²) in [6.07, 6.45) is 0. The van der Waals surface area contributed by atoms with Gasteiger partial charge in [-0.25, -0.2) is 0 Å². The first-order valence-electron chi connectivity index (χ1n) is 4.27.